The van der Waals surface area contributed by atoms with Crippen LogP contribution in [-0.2, 0) is 9.53 Å². The zero-order chi connectivity index (χ0) is 12.0. The van der Waals surface area contributed by atoms with E-state index < -0.39 is 0 Å². The van der Waals surface area contributed by atoms with E-state index in [2.05, 4.69) is 6.58 Å². The van der Waals surface area contributed by atoms with Gasteiger partial charge in [0, 0.05) is 19.7 Å². The highest BCUT2D eigenvalue weighted by Crippen LogP contribution is 2.15. The molecular formula is C12H19NO3. The Hall–Kier alpha value is -1.13. The van der Waals surface area contributed by atoms with E-state index in [0.717, 1.165) is 25.9 Å². The molecule has 1 unspecified atom stereocenters. The molecule has 1 saturated heterocycles. The van der Waals surface area contributed by atoms with Crippen LogP contribution in [0.5, 0.6) is 0 Å². The minimum atomic E-state index is -0.132. The number of carbonyl (C=O) groups excluding carboxylic acids is 1. The van der Waals surface area contributed by atoms with Crippen LogP contribution in [0.2, 0.25) is 0 Å². The maximum absolute atomic E-state index is 11.7. The van der Waals surface area contributed by atoms with E-state index in [1.807, 2.05) is 0 Å². The molecule has 0 aromatic carbocycles. The lowest BCUT2D eigenvalue weighted by molar-refractivity contribution is -0.142. The first-order valence-corrected chi connectivity index (χ1v) is 5.50. The normalized spacial score (nSPS) is 21.0. The summed E-state index contributed by atoms with van der Waals surface area (Å²) in [6.07, 6.45) is 5.87. The van der Waals surface area contributed by atoms with Gasteiger partial charge in [0.15, 0.2) is 0 Å². The summed E-state index contributed by atoms with van der Waals surface area (Å²) >= 11 is 0. The van der Waals surface area contributed by atoms with Crippen LogP contribution in [0.15, 0.2) is 24.3 Å². The number of carbonyl (C=O) groups is 1. The Morgan fingerprint density at radius 2 is 2.31 bits per heavy atom. The van der Waals surface area contributed by atoms with Gasteiger partial charge in [-0.05, 0) is 24.8 Å². The molecule has 4 heteroatoms. The zero-order valence-electron chi connectivity index (χ0n) is 9.69. The van der Waals surface area contributed by atoms with Gasteiger partial charge in [-0.3, -0.25) is 4.79 Å². The Morgan fingerprint density at radius 3 is 2.88 bits per heavy atom. The van der Waals surface area contributed by atoms with Gasteiger partial charge in [0.2, 0.25) is 5.91 Å². The van der Waals surface area contributed by atoms with Crippen LogP contribution >= 0.6 is 0 Å². The molecule has 90 valence electrons. The fourth-order valence-electron chi connectivity index (χ4n) is 1.53. The molecule has 1 rings (SSSR count). The van der Waals surface area contributed by atoms with Crippen LogP contribution in [-0.4, -0.2) is 42.4 Å². The molecular weight excluding hydrogens is 206 g/mol. The molecule has 0 saturated carbocycles. The largest absolute Gasteiger partial charge is 0.392 e. The van der Waals surface area contributed by atoms with Crippen molar-refractivity contribution < 1.29 is 14.6 Å². The molecule has 1 N–H and O–H groups in total. The third kappa shape index (κ3) is 3.79. The molecule has 1 amide bonds. The molecule has 16 heavy (non-hydrogen) atoms. The van der Waals surface area contributed by atoms with Crippen molar-refractivity contribution in [2.75, 3.05) is 20.3 Å². The number of ether oxygens (including phenoxy) is 1. The zero-order valence-corrected chi connectivity index (χ0v) is 9.69. The first-order valence-electron chi connectivity index (χ1n) is 5.50. The number of hydrogen-bond donors (Lipinski definition) is 1. The summed E-state index contributed by atoms with van der Waals surface area (Å²) in [4.78, 5) is 13.3. The van der Waals surface area contributed by atoms with E-state index in [-0.39, 0.29) is 18.7 Å². The first kappa shape index (κ1) is 12.9. The van der Waals surface area contributed by atoms with Crippen LogP contribution in [0.3, 0.4) is 0 Å². The van der Waals surface area contributed by atoms with Gasteiger partial charge in [-0.15, -0.1) is 0 Å². The number of aliphatic hydroxyl groups excluding tert-OH is 1. The number of aliphatic hydroxyl groups is 1. The fraction of sp³-hybridized carbons (Fsp3) is 0.583. The summed E-state index contributed by atoms with van der Waals surface area (Å²) in [6.45, 7) is 4.16. The third-order valence-corrected chi connectivity index (χ3v) is 2.60. The monoisotopic (exact) mass is 225 g/mol. The molecule has 1 heterocycles. The van der Waals surface area contributed by atoms with E-state index in [4.69, 9.17) is 9.84 Å². The molecule has 0 aromatic rings. The molecule has 0 bridgehead atoms. The van der Waals surface area contributed by atoms with Gasteiger partial charge in [-0.2, -0.15) is 0 Å². The van der Waals surface area contributed by atoms with Gasteiger partial charge >= 0.3 is 0 Å². The van der Waals surface area contributed by atoms with Crippen LogP contribution < -0.4 is 0 Å². The van der Waals surface area contributed by atoms with Gasteiger partial charge in [0.25, 0.3) is 0 Å². The quantitative estimate of drug-likeness (QED) is 0.575. The van der Waals surface area contributed by atoms with Gasteiger partial charge in [-0.1, -0.05) is 12.7 Å². The second kappa shape index (κ2) is 6.45. The lowest BCUT2D eigenvalue weighted by atomic mass is 10.1. The standard InChI is InChI=1S/C12H19NO3/c1-10(9-14)6-7-11(15)13(2)12-5-3-4-8-16-12/h6-7,12,14H,1,3-5,8-9H2,2H3/b7-6-. The van der Waals surface area contributed by atoms with E-state index in [1.54, 1.807) is 11.9 Å². The smallest absolute Gasteiger partial charge is 0.248 e. The van der Waals surface area contributed by atoms with Crippen LogP contribution in [0.4, 0.5) is 0 Å². The highest BCUT2D eigenvalue weighted by atomic mass is 16.5. The molecule has 1 fully saturated rings. The highest BCUT2D eigenvalue weighted by molar-refractivity contribution is 5.88. The summed E-state index contributed by atoms with van der Waals surface area (Å²) in [5.74, 6) is -0.124. The van der Waals surface area contributed by atoms with Gasteiger partial charge in [0.1, 0.15) is 6.23 Å². The average molecular weight is 225 g/mol. The Labute approximate surface area is 96.2 Å². The molecule has 4 nitrogen and oxygen atoms in total. The Kier molecular flexibility index (Phi) is 5.22. The molecule has 1 atom stereocenters. The topological polar surface area (TPSA) is 49.8 Å². The Balaban J connectivity index is 2.46. The van der Waals surface area contributed by atoms with E-state index in [9.17, 15) is 4.79 Å². The summed E-state index contributed by atoms with van der Waals surface area (Å²) in [5, 5.41) is 8.73. The summed E-state index contributed by atoms with van der Waals surface area (Å²) < 4.78 is 5.49. The molecule has 0 aromatic heterocycles. The predicted molar refractivity (Wildman–Crippen MR) is 61.7 cm³/mol. The second-order valence-electron chi connectivity index (χ2n) is 3.92. The van der Waals surface area contributed by atoms with Gasteiger partial charge < -0.3 is 14.7 Å². The Morgan fingerprint density at radius 1 is 1.56 bits per heavy atom. The van der Waals surface area contributed by atoms with Crippen LogP contribution in [0, 0.1) is 0 Å². The number of rotatable bonds is 4. The average Bonchev–Trinajstić information content (AvgIpc) is 2.35. The lowest BCUT2D eigenvalue weighted by Crippen LogP contribution is -2.39. The van der Waals surface area contributed by atoms with E-state index >= 15 is 0 Å². The minimum absolute atomic E-state index is 0.117. The molecule has 0 spiro atoms. The lowest BCUT2D eigenvalue weighted by Gasteiger charge is -2.30. The SMILES string of the molecule is C=C(/C=C\C(=O)N(C)C1CCCCO1)CO. The number of likely N-dealkylation sites (N-methyl/N-ethyl adjacent to an activating group) is 1. The van der Waals surface area contributed by atoms with Crippen LogP contribution in [0.1, 0.15) is 19.3 Å². The molecule has 0 aliphatic carbocycles. The van der Waals surface area contributed by atoms with Crippen molar-refractivity contribution in [1.82, 2.24) is 4.90 Å². The second-order valence-corrected chi connectivity index (χ2v) is 3.92. The maximum atomic E-state index is 11.7. The van der Waals surface area contributed by atoms with Crippen molar-refractivity contribution in [3.63, 3.8) is 0 Å². The first-order chi connectivity index (χ1) is 7.65. The third-order valence-electron chi connectivity index (χ3n) is 2.60. The van der Waals surface area contributed by atoms with Crippen LogP contribution in [0.25, 0.3) is 0 Å². The van der Waals surface area contributed by atoms with Crippen molar-refractivity contribution in [1.29, 1.82) is 0 Å². The summed E-state index contributed by atoms with van der Waals surface area (Å²) in [5.41, 5.74) is 0.520. The number of amides is 1. The number of hydrogen-bond acceptors (Lipinski definition) is 3. The number of nitrogens with zero attached hydrogens (tertiary/aromatic N) is 1. The summed E-state index contributed by atoms with van der Waals surface area (Å²) in [7, 11) is 1.73. The van der Waals surface area contributed by atoms with Gasteiger partial charge in [-0.25, -0.2) is 0 Å². The van der Waals surface area contributed by atoms with Crippen molar-refractivity contribution in [2.45, 2.75) is 25.5 Å². The summed E-state index contributed by atoms with van der Waals surface area (Å²) in [6, 6.07) is 0. The Bertz CT molecular complexity index is 280. The van der Waals surface area contributed by atoms with Crippen molar-refractivity contribution >= 4 is 5.91 Å². The molecule has 1 aliphatic heterocycles. The van der Waals surface area contributed by atoms with E-state index in [0.29, 0.717) is 5.57 Å². The maximum Gasteiger partial charge on any atom is 0.248 e. The van der Waals surface area contributed by atoms with Crippen molar-refractivity contribution in [2.24, 2.45) is 0 Å². The van der Waals surface area contributed by atoms with Crippen molar-refractivity contribution in [3.05, 3.63) is 24.3 Å². The minimum Gasteiger partial charge on any atom is -0.392 e. The molecule has 0 radical (unpaired) electrons. The fourth-order valence-corrected chi connectivity index (χ4v) is 1.53. The highest BCUT2D eigenvalue weighted by Gasteiger charge is 2.20. The van der Waals surface area contributed by atoms with E-state index in [1.165, 1.54) is 12.2 Å². The predicted octanol–water partition coefficient (Wildman–Crippen LogP) is 1.08. The molecule has 1 aliphatic rings. The van der Waals surface area contributed by atoms with Crippen molar-refractivity contribution in [3.8, 4) is 0 Å². The van der Waals surface area contributed by atoms with Gasteiger partial charge in [0.05, 0.1) is 6.61 Å².